The van der Waals surface area contributed by atoms with E-state index in [4.69, 9.17) is 0 Å². The lowest BCUT2D eigenvalue weighted by atomic mass is 10.7. The molecule has 0 amide bonds. The molecule has 16 heavy (non-hydrogen) atoms. The molecule has 0 aromatic carbocycles. The second-order valence-corrected chi connectivity index (χ2v) is 13.6. The first-order valence-electron chi connectivity index (χ1n) is 6.66. The van der Waals surface area contributed by atoms with Crippen molar-refractivity contribution in [3.8, 4) is 0 Å². The van der Waals surface area contributed by atoms with Crippen molar-refractivity contribution in [2.45, 2.75) is 47.3 Å². The van der Waals surface area contributed by atoms with Crippen LogP contribution in [0.3, 0.4) is 0 Å². The van der Waals surface area contributed by atoms with Gasteiger partial charge in [-0.05, 0) is 5.79 Å². The molecule has 0 atom stereocenters. The van der Waals surface area contributed by atoms with E-state index in [1.54, 1.807) is 0 Å². The third-order valence-corrected chi connectivity index (χ3v) is 10.1. The summed E-state index contributed by atoms with van der Waals surface area (Å²) >= 11 is 0. The third kappa shape index (κ3) is 5.76. The summed E-state index contributed by atoms with van der Waals surface area (Å²) in [5.41, 5.74) is 0. The Balaban J connectivity index is 4.73. The van der Waals surface area contributed by atoms with E-state index in [1.807, 2.05) is 0 Å². The summed E-state index contributed by atoms with van der Waals surface area (Å²) in [6, 6.07) is 0. The van der Waals surface area contributed by atoms with Crippen LogP contribution in [-0.4, -0.2) is 49.4 Å². The van der Waals surface area contributed by atoms with E-state index in [9.17, 15) is 0 Å². The zero-order valence-corrected chi connectivity index (χ0v) is 14.3. The summed E-state index contributed by atoms with van der Waals surface area (Å²) < 4.78 is 5.36. The van der Waals surface area contributed by atoms with E-state index >= 15 is 0 Å². The second kappa shape index (κ2) is 7.81. The highest BCUT2D eigenvalue weighted by Crippen LogP contribution is 2.45. The molecule has 4 heteroatoms. The molecule has 0 spiro atoms. The molecule has 0 aromatic heterocycles. The van der Waals surface area contributed by atoms with Crippen LogP contribution in [0.1, 0.15) is 27.7 Å². The maximum Gasteiger partial charge on any atom is 0.0517 e. The minimum absolute atomic E-state index is 0.0476. The van der Waals surface area contributed by atoms with Gasteiger partial charge in [0.25, 0.3) is 0 Å². The van der Waals surface area contributed by atoms with E-state index < -0.39 is 8.07 Å². The average molecular weight is 262 g/mol. The lowest BCUT2D eigenvalue weighted by Crippen LogP contribution is -2.37. The number of rotatable bonds is 8. The van der Waals surface area contributed by atoms with Crippen LogP contribution in [0.4, 0.5) is 0 Å². The smallest absolute Gasteiger partial charge is 0.0517 e. The minimum atomic E-state index is -0.965. The van der Waals surface area contributed by atoms with Crippen LogP contribution in [-0.2, 0) is 0 Å². The summed E-state index contributed by atoms with van der Waals surface area (Å²) in [6.07, 6.45) is 0. The van der Waals surface area contributed by atoms with E-state index in [2.05, 4.69) is 56.7 Å². The highest BCUT2D eigenvalue weighted by atomic mass is 31.1. The summed E-state index contributed by atoms with van der Waals surface area (Å²) in [4.78, 5) is 0. The van der Waals surface area contributed by atoms with Crippen LogP contribution in [0.5, 0.6) is 0 Å². The van der Waals surface area contributed by atoms with E-state index in [0.29, 0.717) is 0 Å². The van der Waals surface area contributed by atoms with Gasteiger partial charge >= 0.3 is 0 Å². The molecular weight excluding hydrogens is 231 g/mol. The van der Waals surface area contributed by atoms with Gasteiger partial charge in [-0.2, -0.15) is 0 Å². The fourth-order valence-electron chi connectivity index (χ4n) is 1.90. The molecule has 0 radical (unpaired) electrons. The highest BCUT2D eigenvalue weighted by molar-refractivity contribution is 7.55. The number of hydrogen-bond acceptors (Lipinski definition) is 2. The molecule has 98 valence electrons. The SMILES string of the molecule is CCN(CC)P(C[Si](C)(C)C)N(CC)CC. The predicted molar refractivity (Wildman–Crippen MR) is 81.0 cm³/mol. The Bertz CT molecular complexity index is 162. The summed E-state index contributed by atoms with van der Waals surface area (Å²) in [7, 11) is -1.01. The Kier molecular flexibility index (Phi) is 8.09. The molecule has 0 fully saturated rings. The van der Waals surface area contributed by atoms with Gasteiger partial charge in [-0.25, -0.2) is 0 Å². The second-order valence-electron chi connectivity index (χ2n) is 5.37. The van der Waals surface area contributed by atoms with Crippen molar-refractivity contribution in [2.24, 2.45) is 0 Å². The van der Waals surface area contributed by atoms with E-state index in [0.717, 1.165) is 0 Å². The van der Waals surface area contributed by atoms with Crippen molar-refractivity contribution in [3.63, 3.8) is 0 Å². The van der Waals surface area contributed by atoms with Crippen molar-refractivity contribution in [3.05, 3.63) is 0 Å². The minimum Gasteiger partial charge on any atom is -0.271 e. The molecule has 0 bridgehead atoms. The topological polar surface area (TPSA) is 6.48 Å². The average Bonchev–Trinajstić information content (AvgIpc) is 2.19. The maximum absolute atomic E-state index is 2.68. The van der Waals surface area contributed by atoms with Crippen molar-refractivity contribution >= 4 is 16.3 Å². The van der Waals surface area contributed by atoms with Gasteiger partial charge in [0.2, 0.25) is 0 Å². The molecule has 0 aliphatic rings. The predicted octanol–water partition coefficient (Wildman–Crippen LogP) is 3.86. The molecule has 0 aliphatic carbocycles. The Labute approximate surface area is 105 Å². The maximum atomic E-state index is 2.68. The number of nitrogens with zero attached hydrogens (tertiary/aromatic N) is 2. The first-order chi connectivity index (χ1) is 7.39. The van der Waals surface area contributed by atoms with E-state index in [-0.39, 0.29) is 8.22 Å². The molecule has 0 rings (SSSR count). The summed E-state index contributed by atoms with van der Waals surface area (Å²) in [5, 5.41) is 0. The quantitative estimate of drug-likeness (QED) is 0.484. The normalized spacial score (nSPS) is 13.1. The zero-order valence-electron chi connectivity index (χ0n) is 12.4. The monoisotopic (exact) mass is 262 g/mol. The van der Waals surface area contributed by atoms with Crippen molar-refractivity contribution < 1.29 is 0 Å². The molecule has 0 saturated heterocycles. The number of hydrogen-bond donors (Lipinski definition) is 0. The lowest BCUT2D eigenvalue weighted by Gasteiger charge is -2.40. The van der Waals surface area contributed by atoms with Crippen molar-refractivity contribution in [1.82, 2.24) is 9.34 Å². The first-order valence-corrected chi connectivity index (χ1v) is 11.8. The van der Waals surface area contributed by atoms with E-state index in [1.165, 1.54) is 32.0 Å². The van der Waals surface area contributed by atoms with Gasteiger partial charge in [-0.1, -0.05) is 47.3 Å². The molecule has 0 unspecified atom stereocenters. The highest BCUT2D eigenvalue weighted by Gasteiger charge is 2.27. The van der Waals surface area contributed by atoms with Crippen LogP contribution in [0.25, 0.3) is 0 Å². The van der Waals surface area contributed by atoms with Crippen LogP contribution >= 0.6 is 8.22 Å². The van der Waals surface area contributed by atoms with Gasteiger partial charge in [0, 0.05) is 34.4 Å². The lowest BCUT2D eigenvalue weighted by molar-refractivity contribution is 0.425. The van der Waals surface area contributed by atoms with Gasteiger partial charge in [-0.15, -0.1) is 0 Å². The Hall–Kier alpha value is 0.567. The summed E-state index contributed by atoms with van der Waals surface area (Å²) in [5.74, 6) is 1.45. The standard InChI is InChI=1S/C12H31N2PSi/c1-8-13(9-2)15(12-16(5,6)7)14(10-3)11-4/h8-12H2,1-7H3. The van der Waals surface area contributed by atoms with Gasteiger partial charge in [-0.3, -0.25) is 9.34 Å². The van der Waals surface area contributed by atoms with Gasteiger partial charge in [0.15, 0.2) is 0 Å². The molecular formula is C12H31N2PSi. The Morgan fingerprint density at radius 1 is 0.750 bits per heavy atom. The van der Waals surface area contributed by atoms with Crippen LogP contribution in [0.2, 0.25) is 19.6 Å². The molecule has 0 heterocycles. The van der Waals surface area contributed by atoms with Gasteiger partial charge < -0.3 is 0 Å². The Morgan fingerprint density at radius 3 is 1.25 bits per heavy atom. The molecule has 0 N–H and O–H groups in total. The van der Waals surface area contributed by atoms with Crippen LogP contribution in [0, 0.1) is 0 Å². The fourth-order valence-corrected chi connectivity index (χ4v) is 8.56. The zero-order chi connectivity index (χ0) is 12.8. The van der Waals surface area contributed by atoms with Gasteiger partial charge in [0.05, 0.1) is 8.07 Å². The molecule has 2 nitrogen and oxygen atoms in total. The third-order valence-electron chi connectivity index (χ3n) is 2.73. The van der Waals surface area contributed by atoms with Gasteiger partial charge in [0.1, 0.15) is 0 Å². The van der Waals surface area contributed by atoms with Crippen LogP contribution < -0.4 is 0 Å². The van der Waals surface area contributed by atoms with Crippen molar-refractivity contribution in [1.29, 1.82) is 0 Å². The molecule has 0 aliphatic heterocycles. The van der Waals surface area contributed by atoms with Crippen LogP contribution in [0.15, 0.2) is 0 Å². The largest absolute Gasteiger partial charge is 0.271 e. The van der Waals surface area contributed by atoms with Crippen molar-refractivity contribution in [2.75, 3.05) is 32.0 Å². The first kappa shape index (κ1) is 16.6. The molecule has 0 saturated carbocycles. The fraction of sp³-hybridized carbons (Fsp3) is 1.00. The molecule has 0 aromatic rings. The summed E-state index contributed by atoms with van der Waals surface area (Å²) in [6.45, 7) is 21.5. The Morgan fingerprint density at radius 2 is 1.06 bits per heavy atom.